The van der Waals surface area contributed by atoms with Crippen molar-refractivity contribution in [1.29, 1.82) is 0 Å². The molecular weight excluding hydrogens is 390 g/mol. The van der Waals surface area contributed by atoms with Crippen LogP contribution in [0.4, 0.5) is 4.79 Å². The van der Waals surface area contributed by atoms with Crippen LogP contribution in [0.25, 0.3) is 11.1 Å². The van der Waals surface area contributed by atoms with Gasteiger partial charge in [0.25, 0.3) is 0 Å². The molecule has 0 radical (unpaired) electrons. The van der Waals surface area contributed by atoms with Crippen molar-refractivity contribution in [3.63, 3.8) is 0 Å². The zero-order chi connectivity index (χ0) is 21.6. The summed E-state index contributed by atoms with van der Waals surface area (Å²) in [7, 11) is 0. The molecule has 1 aliphatic carbocycles. The Morgan fingerprint density at radius 3 is 2.16 bits per heavy atom. The number of carbonyl (C=O) groups excluding carboxylic acids is 1. The molecule has 2 saturated heterocycles. The summed E-state index contributed by atoms with van der Waals surface area (Å²) in [5, 5.41) is 11.1. The summed E-state index contributed by atoms with van der Waals surface area (Å²) in [6.07, 6.45) is 1.56. The van der Waals surface area contributed by atoms with Gasteiger partial charge >= 0.3 is 6.09 Å². The summed E-state index contributed by atoms with van der Waals surface area (Å²) in [5.41, 5.74) is 4.14. The zero-order valence-corrected chi connectivity index (χ0v) is 18.3. The Balaban J connectivity index is 1.31. The van der Waals surface area contributed by atoms with Gasteiger partial charge in [-0.25, -0.2) is 4.79 Å². The van der Waals surface area contributed by atoms with Crippen molar-refractivity contribution in [2.75, 3.05) is 19.8 Å². The molecule has 2 fully saturated rings. The molecule has 5 rings (SSSR count). The third-order valence-electron chi connectivity index (χ3n) is 6.97. The minimum atomic E-state index is -0.729. The van der Waals surface area contributed by atoms with E-state index in [1.165, 1.54) is 22.3 Å². The fourth-order valence-electron chi connectivity index (χ4n) is 5.97. The molecule has 2 aromatic rings. The van der Waals surface area contributed by atoms with Crippen molar-refractivity contribution in [3.8, 4) is 11.1 Å². The van der Waals surface area contributed by atoms with E-state index in [2.05, 4.69) is 50.2 Å². The average molecular weight is 422 g/mol. The minimum Gasteiger partial charge on any atom is -0.448 e. The molecule has 0 saturated carbocycles. The van der Waals surface area contributed by atoms with Gasteiger partial charge in [0, 0.05) is 5.92 Å². The van der Waals surface area contributed by atoms with E-state index < -0.39 is 5.60 Å². The number of piperidine rings is 1. The summed E-state index contributed by atoms with van der Waals surface area (Å²) in [6.45, 7) is 5.49. The summed E-state index contributed by atoms with van der Waals surface area (Å²) in [4.78, 5) is 15.0. The van der Waals surface area contributed by atoms with Crippen molar-refractivity contribution in [1.82, 2.24) is 4.90 Å². The lowest BCUT2D eigenvalue weighted by molar-refractivity contribution is -0.138. The van der Waals surface area contributed by atoms with Crippen molar-refractivity contribution in [3.05, 3.63) is 59.7 Å². The largest absolute Gasteiger partial charge is 0.448 e. The van der Waals surface area contributed by atoms with E-state index in [9.17, 15) is 9.90 Å². The molecule has 2 bridgehead atoms. The van der Waals surface area contributed by atoms with Crippen molar-refractivity contribution in [2.45, 2.75) is 56.7 Å². The average Bonchev–Trinajstić information content (AvgIpc) is 3.04. The van der Waals surface area contributed by atoms with E-state index in [4.69, 9.17) is 9.47 Å². The molecule has 31 heavy (non-hydrogen) atoms. The number of nitrogens with zero attached hydrogens (tertiary/aromatic N) is 1. The van der Waals surface area contributed by atoms with Crippen LogP contribution in [0.15, 0.2) is 48.5 Å². The molecule has 2 unspecified atom stereocenters. The van der Waals surface area contributed by atoms with Crippen LogP contribution in [0, 0.1) is 5.92 Å². The first-order valence-corrected chi connectivity index (χ1v) is 11.4. The van der Waals surface area contributed by atoms with Gasteiger partial charge in [0.15, 0.2) is 0 Å². The fraction of sp³-hybridized carbons (Fsp3) is 0.500. The predicted octanol–water partition coefficient (Wildman–Crippen LogP) is 4.58. The number of fused-ring (bicyclic) bond motifs is 5. The lowest BCUT2D eigenvalue weighted by atomic mass is 9.77. The quantitative estimate of drug-likeness (QED) is 0.785. The second kappa shape index (κ2) is 7.95. The number of amides is 1. The topological polar surface area (TPSA) is 59.0 Å². The number of ether oxygens (including phenoxy) is 2. The van der Waals surface area contributed by atoms with Gasteiger partial charge < -0.3 is 14.6 Å². The van der Waals surface area contributed by atoms with E-state index in [1.54, 1.807) is 0 Å². The van der Waals surface area contributed by atoms with Crippen LogP contribution in [0.5, 0.6) is 0 Å². The standard InChI is InChI=1S/C26H31NO4/c1-17(2)11-26(29)12-18-14-30-15-19(13-26)27(18)25(28)31-16-24-22-9-5-3-7-20(22)21-8-4-6-10-23(21)24/h3-10,17-19,24,29H,11-16H2,1-2H3. The van der Waals surface area contributed by atoms with Crippen LogP contribution in [0.2, 0.25) is 0 Å². The van der Waals surface area contributed by atoms with Crippen LogP contribution in [0.3, 0.4) is 0 Å². The molecule has 1 N–H and O–H groups in total. The van der Waals surface area contributed by atoms with Crippen LogP contribution < -0.4 is 0 Å². The lowest BCUT2D eigenvalue weighted by Crippen LogP contribution is -2.63. The van der Waals surface area contributed by atoms with E-state index >= 15 is 0 Å². The third-order valence-corrected chi connectivity index (χ3v) is 6.97. The van der Waals surface area contributed by atoms with E-state index in [-0.39, 0.29) is 24.1 Å². The van der Waals surface area contributed by atoms with Gasteiger partial charge in [0.2, 0.25) is 0 Å². The maximum absolute atomic E-state index is 13.2. The third kappa shape index (κ3) is 3.74. The summed E-state index contributed by atoms with van der Waals surface area (Å²) in [5.74, 6) is 0.461. The summed E-state index contributed by atoms with van der Waals surface area (Å²) >= 11 is 0. The maximum atomic E-state index is 13.2. The number of benzene rings is 2. The van der Waals surface area contributed by atoms with Gasteiger partial charge in [-0.1, -0.05) is 62.4 Å². The Morgan fingerprint density at radius 2 is 1.61 bits per heavy atom. The lowest BCUT2D eigenvalue weighted by Gasteiger charge is -2.51. The highest BCUT2D eigenvalue weighted by atomic mass is 16.6. The molecule has 5 nitrogen and oxygen atoms in total. The SMILES string of the molecule is CC(C)CC1(O)CC2COCC(C1)N2C(=O)OCC1c2ccccc2-c2ccccc21. The predicted molar refractivity (Wildman–Crippen MR) is 119 cm³/mol. The number of carbonyl (C=O) groups is 1. The van der Waals surface area contributed by atoms with Crippen molar-refractivity contribution < 1.29 is 19.4 Å². The molecule has 0 aromatic heterocycles. The molecule has 1 amide bonds. The van der Waals surface area contributed by atoms with Crippen LogP contribution >= 0.6 is 0 Å². The highest BCUT2D eigenvalue weighted by Crippen LogP contribution is 2.45. The van der Waals surface area contributed by atoms with Gasteiger partial charge in [0.1, 0.15) is 6.61 Å². The molecule has 164 valence electrons. The molecular formula is C26H31NO4. The van der Waals surface area contributed by atoms with Crippen molar-refractivity contribution >= 4 is 6.09 Å². The smallest absolute Gasteiger partial charge is 0.410 e. The van der Waals surface area contributed by atoms with Crippen LogP contribution in [0.1, 0.15) is 50.2 Å². The van der Waals surface area contributed by atoms with Gasteiger partial charge in [-0.05, 0) is 47.4 Å². The van der Waals surface area contributed by atoms with E-state index in [1.807, 2.05) is 17.0 Å². The highest BCUT2D eigenvalue weighted by Gasteiger charge is 2.48. The molecule has 2 atom stereocenters. The first-order chi connectivity index (χ1) is 15.0. The van der Waals surface area contributed by atoms with Gasteiger partial charge in [0.05, 0.1) is 30.9 Å². The monoisotopic (exact) mass is 421 g/mol. The van der Waals surface area contributed by atoms with E-state index in [0.717, 1.165) is 6.42 Å². The Bertz CT molecular complexity index is 912. The Labute approximate surface area is 184 Å². The summed E-state index contributed by atoms with van der Waals surface area (Å²) < 4.78 is 11.6. The first kappa shape index (κ1) is 20.5. The van der Waals surface area contributed by atoms with Gasteiger partial charge in [-0.15, -0.1) is 0 Å². The molecule has 5 heteroatoms. The number of hydrogen-bond donors (Lipinski definition) is 1. The fourth-order valence-corrected chi connectivity index (χ4v) is 5.97. The number of aliphatic hydroxyl groups is 1. The molecule has 0 spiro atoms. The van der Waals surface area contributed by atoms with Crippen LogP contribution in [-0.4, -0.2) is 53.6 Å². The zero-order valence-electron chi connectivity index (χ0n) is 18.3. The number of rotatable bonds is 4. The molecule has 2 aliphatic heterocycles. The second-order valence-corrected chi connectivity index (χ2v) is 9.79. The highest BCUT2D eigenvalue weighted by molar-refractivity contribution is 5.79. The number of hydrogen-bond acceptors (Lipinski definition) is 4. The van der Waals surface area contributed by atoms with Crippen molar-refractivity contribution in [2.24, 2.45) is 5.92 Å². The Kier molecular flexibility index (Phi) is 5.27. The second-order valence-electron chi connectivity index (χ2n) is 9.79. The molecule has 2 aromatic carbocycles. The Hall–Kier alpha value is -2.37. The molecule has 3 aliphatic rings. The number of morpholine rings is 1. The first-order valence-electron chi connectivity index (χ1n) is 11.4. The Morgan fingerprint density at radius 1 is 1.06 bits per heavy atom. The van der Waals surface area contributed by atoms with Gasteiger partial charge in [-0.3, -0.25) is 4.90 Å². The van der Waals surface area contributed by atoms with Gasteiger partial charge in [-0.2, -0.15) is 0 Å². The van der Waals surface area contributed by atoms with E-state index in [0.29, 0.717) is 38.6 Å². The summed E-state index contributed by atoms with van der Waals surface area (Å²) in [6, 6.07) is 16.5. The molecule has 2 heterocycles. The normalized spacial score (nSPS) is 27.2. The maximum Gasteiger partial charge on any atom is 0.410 e. The van der Waals surface area contributed by atoms with Crippen LogP contribution in [-0.2, 0) is 9.47 Å². The minimum absolute atomic E-state index is 0.0510.